The average molecular weight is 461 g/mol. The second-order valence-corrected chi connectivity index (χ2v) is 7.63. The normalized spacial score (nSPS) is 15.8. The summed E-state index contributed by atoms with van der Waals surface area (Å²) < 4.78 is 32.0. The Labute approximate surface area is 189 Å². The number of hydrogen-bond donors (Lipinski definition) is 3. The summed E-state index contributed by atoms with van der Waals surface area (Å²) in [4.78, 5) is 1.60. The van der Waals surface area contributed by atoms with Crippen molar-refractivity contribution in [1.82, 2.24) is 14.6 Å². The van der Waals surface area contributed by atoms with Crippen LogP contribution in [0.1, 0.15) is 12.0 Å². The van der Waals surface area contributed by atoms with E-state index in [2.05, 4.69) is 10.5 Å². The Morgan fingerprint density at radius 1 is 1.06 bits per heavy atom. The minimum atomic E-state index is -1.16. The largest absolute Gasteiger partial charge is 0.355 e. The molecule has 0 aliphatic carbocycles. The van der Waals surface area contributed by atoms with Crippen LogP contribution >= 0.6 is 12.4 Å². The first-order valence-electron chi connectivity index (χ1n) is 10.0. The molecule has 1 atom stereocenters. The average Bonchev–Trinajstić information content (AvgIpc) is 3.39. The molecule has 7 nitrogen and oxygen atoms in total. The molecule has 0 bridgehead atoms. The predicted molar refractivity (Wildman–Crippen MR) is 124 cm³/mol. The second-order valence-electron chi connectivity index (χ2n) is 7.63. The fourth-order valence-electron chi connectivity index (χ4n) is 4.21. The highest BCUT2D eigenvalue weighted by Crippen LogP contribution is 2.35. The molecule has 0 radical (unpaired) electrons. The monoisotopic (exact) mass is 460 g/mol. The number of aliphatic hydroxyl groups is 1. The van der Waals surface area contributed by atoms with Gasteiger partial charge in [0, 0.05) is 47.8 Å². The van der Waals surface area contributed by atoms with Crippen LogP contribution < -0.4 is 16.1 Å². The maximum Gasteiger partial charge on any atom is 0.226 e. The van der Waals surface area contributed by atoms with E-state index in [0.717, 1.165) is 17.5 Å². The van der Waals surface area contributed by atoms with Crippen LogP contribution in [0.4, 0.5) is 14.5 Å². The molecule has 0 spiro atoms. The predicted octanol–water partition coefficient (Wildman–Crippen LogP) is 3.23. The van der Waals surface area contributed by atoms with Gasteiger partial charge in [-0.3, -0.25) is 10.3 Å². The van der Waals surface area contributed by atoms with Gasteiger partial charge >= 0.3 is 0 Å². The molecule has 4 N–H and O–H groups in total. The van der Waals surface area contributed by atoms with E-state index in [4.69, 9.17) is 5.73 Å². The highest BCUT2D eigenvalue weighted by atomic mass is 35.5. The minimum absolute atomic E-state index is 0. The van der Waals surface area contributed by atoms with Crippen molar-refractivity contribution in [2.45, 2.75) is 19.3 Å². The van der Waals surface area contributed by atoms with E-state index in [1.165, 1.54) is 24.3 Å². The first kappa shape index (κ1) is 22.1. The molecule has 4 aromatic rings. The Morgan fingerprint density at radius 2 is 1.75 bits per heavy atom. The number of aromatic nitrogens is 2. The van der Waals surface area contributed by atoms with Crippen molar-refractivity contribution in [3.05, 3.63) is 66.0 Å². The van der Waals surface area contributed by atoms with Crippen LogP contribution in [0.3, 0.4) is 0 Å². The molecule has 0 fully saturated rings. The third-order valence-electron chi connectivity index (χ3n) is 5.64. The van der Waals surface area contributed by atoms with Crippen molar-refractivity contribution in [2.24, 2.45) is 17.9 Å². The number of nitrogens with two attached hydrogens (primary N) is 1. The first-order chi connectivity index (χ1) is 15.0. The maximum absolute atomic E-state index is 14.1. The highest BCUT2D eigenvalue weighted by molar-refractivity contribution is 6.20. The van der Waals surface area contributed by atoms with Gasteiger partial charge in [-0.25, -0.2) is 8.78 Å². The molecule has 10 heteroatoms. The highest BCUT2D eigenvalue weighted by Gasteiger charge is 2.32. The number of aliphatic hydroxyl groups excluding tert-OH is 1. The molecule has 2 aromatic heterocycles. The van der Waals surface area contributed by atoms with Crippen LogP contribution in [0.25, 0.3) is 21.8 Å². The summed E-state index contributed by atoms with van der Waals surface area (Å²) in [6.07, 6.45) is 3.29. The number of anilines is 1. The van der Waals surface area contributed by atoms with Gasteiger partial charge in [-0.05, 0) is 49.4 Å². The van der Waals surface area contributed by atoms with Gasteiger partial charge in [0.2, 0.25) is 6.35 Å². The number of aryl methyl sites for hydroxylation is 2. The van der Waals surface area contributed by atoms with E-state index in [0.29, 0.717) is 40.9 Å². The zero-order valence-corrected chi connectivity index (χ0v) is 18.1. The molecule has 3 heterocycles. The molecule has 0 saturated carbocycles. The molecule has 1 aliphatic rings. The SMILES string of the molecule is Cl.Cn1cc(C2=NNC(O)N2c2cn(CCCN)c3ccc(F)cc23)c2cc(F)ccc21. The van der Waals surface area contributed by atoms with Crippen molar-refractivity contribution < 1.29 is 13.9 Å². The van der Waals surface area contributed by atoms with Crippen LogP contribution in [-0.2, 0) is 13.6 Å². The lowest BCUT2D eigenvalue weighted by Crippen LogP contribution is -2.40. The van der Waals surface area contributed by atoms with E-state index in [1.807, 2.05) is 28.6 Å². The number of fused-ring (bicyclic) bond motifs is 2. The van der Waals surface area contributed by atoms with Gasteiger partial charge in [-0.2, -0.15) is 5.10 Å². The van der Waals surface area contributed by atoms with Crippen LogP contribution in [-0.4, -0.2) is 33.0 Å². The minimum Gasteiger partial charge on any atom is -0.355 e. The van der Waals surface area contributed by atoms with Gasteiger partial charge in [0.1, 0.15) is 11.6 Å². The van der Waals surface area contributed by atoms with Gasteiger partial charge in [0.05, 0.1) is 11.2 Å². The number of amidine groups is 1. The molecule has 0 saturated heterocycles. The van der Waals surface area contributed by atoms with Gasteiger partial charge in [0.25, 0.3) is 0 Å². The number of hydrogen-bond acceptors (Lipinski definition) is 5. The van der Waals surface area contributed by atoms with E-state index >= 15 is 0 Å². The number of nitrogens with one attached hydrogen (secondary N) is 1. The Bertz CT molecular complexity index is 1330. The molecule has 2 aromatic carbocycles. The van der Waals surface area contributed by atoms with Crippen molar-refractivity contribution in [3.8, 4) is 0 Å². The Kier molecular flexibility index (Phi) is 5.81. The van der Waals surface area contributed by atoms with Gasteiger partial charge < -0.3 is 20.0 Å². The van der Waals surface area contributed by atoms with E-state index in [1.54, 1.807) is 17.0 Å². The smallest absolute Gasteiger partial charge is 0.226 e. The summed E-state index contributed by atoms with van der Waals surface area (Å²) in [5, 5.41) is 16.3. The quantitative estimate of drug-likeness (QED) is 0.427. The van der Waals surface area contributed by atoms with Gasteiger partial charge in [-0.1, -0.05) is 0 Å². The number of nitrogens with zero attached hydrogens (tertiary/aromatic N) is 4. The molecule has 1 aliphatic heterocycles. The lowest BCUT2D eigenvalue weighted by Gasteiger charge is -2.22. The van der Waals surface area contributed by atoms with E-state index < -0.39 is 6.35 Å². The Morgan fingerprint density at radius 3 is 2.47 bits per heavy atom. The summed E-state index contributed by atoms with van der Waals surface area (Å²) in [7, 11) is 1.86. The maximum atomic E-state index is 14.1. The van der Waals surface area contributed by atoms with Crippen LogP contribution in [0, 0.1) is 11.6 Å². The number of hydrazone groups is 1. The summed E-state index contributed by atoms with van der Waals surface area (Å²) in [6, 6.07) is 9.11. The number of halogens is 3. The third-order valence-corrected chi connectivity index (χ3v) is 5.64. The second kappa shape index (κ2) is 8.42. The van der Waals surface area contributed by atoms with Crippen molar-refractivity contribution >= 4 is 45.7 Å². The summed E-state index contributed by atoms with van der Waals surface area (Å²) in [5.74, 6) is -0.317. The third kappa shape index (κ3) is 3.48. The lowest BCUT2D eigenvalue weighted by molar-refractivity contribution is 0.159. The van der Waals surface area contributed by atoms with Crippen LogP contribution in [0.15, 0.2) is 53.9 Å². The van der Waals surface area contributed by atoms with Gasteiger partial charge in [0.15, 0.2) is 5.84 Å². The van der Waals surface area contributed by atoms with Crippen LogP contribution in [0.5, 0.6) is 0 Å². The molecular formula is C22H23ClF2N6O. The topological polar surface area (TPSA) is 83.7 Å². The standard InChI is InChI=1S/C22H22F2N6O.ClH/c1-28-11-17(15-9-13(23)3-5-18(15)28)21-26-27-22(31)30(21)20-12-29(8-2-7-25)19-6-4-14(24)10-16(19)20;/h3-6,9-12,22,27,31H,2,7-8,25H2,1H3;1H. The van der Waals surface area contributed by atoms with E-state index in [-0.39, 0.29) is 24.0 Å². The Balaban J connectivity index is 0.00000245. The van der Waals surface area contributed by atoms with E-state index in [9.17, 15) is 13.9 Å². The molecule has 32 heavy (non-hydrogen) atoms. The summed E-state index contributed by atoms with van der Waals surface area (Å²) >= 11 is 0. The summed E-state index contributed by atoms with van der Waals surface area (Å²) in [5.41, 5.74) is 11.3. The molecule has 5 rings (SSSR count). The number of benzene rings is 2. The summed E-state index contributed by atoms with van der Waals surface area (Å²) in [6.45, 7) is 1.18. The lowest BCUT2D eigenvalue weighted by atomic mass is 10.1. The van der Waals surface area contributed by atoms with Crippen molar-refractivity contribution in [3.63, 3.8) is 0 Å². The first-order valence-corrected chi connectivity index (χ1v) is 10.0. The molecular weight excluding hydrogens is 438 g/mol. The van der Waals surface area contributed by atoms with Crippen molar-refractivity contribution in [1.29, 1.82) is 0 Å². The van der Waals surface area contributed by atoms with Crippen molar-refractivity contribution in [2.75, 3.05) is 11.4 Å². The van der Waals surface area contributed by atoms with Crippen LogP contribution in [0.2, 0.25) is 0 Å². The molecule has 0 amide bonds. The van der Waals surface area contributed by atoms with Gasteiger partial charge in [-0.15, -0.1) is 12.4 Å². The fraction of sp³-hybridized carbons (Fsp3) is 0.227. The fourth-order valence-corrected chi connectivity index (χ4v) is 4.21. The Hall–Kier alpha value is -3.14. The molecule has 168 valence electrons. The molecule has 1 unspecified atom stereocenters. The zero-order valence-electron chi connectivity index (χ0n) is 17.3. The number of rotatable bonds is 5. The zero-order chi connectivity index (χ0) is 21.7.